The van der Waals surface area contributed by atoms with Crippen LogP contribution in [0.2, 0.25) is 0 Å². The van der Waals surface area contributed by atoms with Crippen LogP contribution in [-0.2, 0) is 4.79 Å². The Hall–Kier alpha value is -2.37. The summed E-state index contributed by atoms with van der Waals surface area (Å²) < 4.78 is 0. The number of carboxylic acids is 1. The lowest BCUT2D eigenvalue weighted by Gasteiger charge is -1.98. The molecule has 0 fully saturated rings. The second kappa shape index (κ2) is 4.23. The highest BCUT2D eigenvalue weighted by Crippen LogP contribution is 2.22. The van der Waals surface area contributed by atoms with Crippen LogP contribution in [0.3, 0.4) is 0 Å². The predicted octanol–water partition coefficient (Wildman–Crippen LogP) is 1.27. The third-order valence-electron chi connectivity index (χ3n) is 1.66. The van der Waals surface area contributed by atoms with E-state index in [1.54, 1.807) is 0 Å². The van der Waals surface area contributed by atoms with E-state index < -0.39 is 10.9 Å². The molecule has 0 radical (unpaired) electrons. The van der Waals surface area contributed by atoms with E-state index in [1.165, 1.54) is 18.2 Å². The molecule has 0 saturated heterocycles. The van der Waals surface area contributed by atoms with Crippen LogP contribution in [0.15, 0.2) is 24.3 Å². The van der Waals surface area contributed by atoms with E-state index in [-0.39, 0.29) is 16.9 Å². The number of nitrogen functional groups attached to an aromatic ring is 1. The quantitative estimate of drug-likeness (QED) is 0.336. The molecule has 0 unspecified atom stereocenters. The molecule has 0 aromatic heterocycles. The molecule has 3 N–H and O–H groups in total. The minimum Gasteiger partial charge on any atom is -0.478 e. The second-order valence-corrected chi connectivity index (χ2v) is 2.75. The number of nitro groups is 1. The zero-order valence-corrected chi connectivity index (χ0v) is 7.58. The van der Waals surface area contributed by atoms with E-state index >= 15 is 0 Å². The Kier molecular flexibility index (Phi) is 3.02. The summed E-state index contributed by atoms with van der Waals surface area (Å²) in [6.45, 7) is 0. The largest absolute Gasteiger partial charge is 0.478 e. The van der Waals surface area contributed by atoms with Gasteiger partial charge in [-0.1, -0.05) is 0 Å². The van der Waals surface area contributed by atoms with Crippen LogP contribution < -0.4 is 5.73 Å². The first kappa shape index (κ1) is 10.7. The smallest absolute Gasteiger partial charge is 0.328 e. The van der Waals surface area contributed by atoms with Crippen molar-refractivity contribution in [2.75, 3.05) is 5.73 Å². The summed E-state index contributed by atoms with van der Waals surface area (Å²) in [5.74, 6) is -1.17. The Morgan fingerprint density at radius 3 is 2.73 bits per heavy atom. The Morgan fingerprint density at radius 2 is 2.20 bits per heavy atom. The highest BCUT2D eigenvalue weighted by Gasteiger charge is 2.11. The molecule has 0 saturated carbocycles. The number of rotatable bonds is 3. The van der Waals surface area contributed by atoms with Gasteiger partial charge in [0.25, 0.3) is 5.69 Å². The first-order valence-corrected chi connectivity index (χ1v) is 3.95. The number of benzene rings is 1. The SMILES string of the molecule is Nc1ccc(/C=C/C(=O)O)c([N+](=O)[O-])c1. The first-order chi connectivity index (χ1) is 7.00. The molecule has 1 aromatic rings. The second-order valence-electron chi connectivity index (χ2n) is 2.75. The molecule has 0 heterocycles. The van der Waals surface area contributed by atoms with Crippen LogP contribution in [0.25, 0.3) is 6.08 Å². The van der Waals surface area contributed by atoms with E-state index in [4.69, 9.17) is 10.8 Å². The van der Waals surface area contributed by atoms with Crippen molar-refractivity contribution in [2.45, 2.75) is 0 Å². The van der Waals surface area contributed by atoms with Crippen molar-refractivity contribution in [3.8, 4) is 0 Å². The van der Waals surface area contributed by atoms with Gasteiger partial charge in [-0.25, -0.2) is 4.79 Å². The number of hydrogen-bond donors (Lipinski definition) is 2. The monoisotopic (exact) mass is 208 g/mol. The fraction of sp³-hybridized carbons (Fsp3) is 0. The maximum absolute atomic E-state index is 10.6. The van der Waals surface area contributed by atoms with E-state index in [2.05, 4.69) is 0 Å². The number of nitro benzene ring substituents is 1. The van der Waals surface area contributed by atoms with Crippen LogP contribution in [0.1, 0.15) is 5.56 Å². The van der Waals surface area contributed by atoms with Crippen molar-refractivity contribution in [3.05, 3.63) is 40.0 Å². The highest BCUT2D eigenvalue weighted by atomic mass is 16.6. The summed E-state index contributed by atoms with van der Waals surface area (Å²) in [6.07, 6.45) is 1.98. The van der Waals surface area contributed by atoms with Gasteiger partial charge in [0.1, 0.15) is 0 Å². The number of nitrogens with zero attached hydrogens (tertiary/aromatic N) is 1. The molecule has 1 aromatic carbocycles. The number of aliphatic carboxylic acids is 1. The molecule has 15 heavy (non-hydrogen) atoms. The van der Waals surface area contributed by atoms with Crippen molar-refractivity contribution in [2.24, 2.45) is 0 Å². The van der Waals surface area contributed by atoms with Gasteiger partial charge < -0.3 is 10.8 Å². The summed E-state index contributed by atoms with van der Waals surface area (Å²) in [4.78, 5) is 20.2. The predicted molar refractivity (Wildman–Crippen MR) is 54.2 cm³/mol. The third kappa shape index (κ3) is 2.80. The average molecular weight is 208 g/mol. The van der Waals surface area contributed by atoms with Crippen LogP contribution in [0.4, 0.5) is 11.4 Å². The maximum Gasteiger partial charge on any atom is 0.328 e. The molecule has 0 aliphatic heterocycles. The van der Waals surface area contributed by atoms with Gasteiger partial charge in [0, 0.05) is 17.8 Å². The van der Waals surface area contributed by atoms with Crippen molar-refractivity contribution in [1.82, 2.24) is 0 Å². The molecular formula is C9H8N2O4. The molecule has 0 aliphatic rings. The van der Waals surface area contributed by atoms with E-state index in [0.29, 0.717) is 0 Å². The van der Waals surface area contributed by atoms with E-state index in [0.717, 1.165) is 12.2 Å². The fourth-order valence-corrected chi connectivity index (χ4v) is 1.02. The minimum atomic E-state index is -1.17. The standard InChI is InChI=1S/C9H8N2O4/c10-7-3-1-6(2-4-9(12)13)8(5-7)11(14)15/h1-5H,10H2,(H,12,13)/b4-2+. The molecule has 1 rings (SSSR count). The highest BCUT2D eigenvalue weighted by molar-refractivity contribution is 5.86. The summed E-state index contributed by atoms with van der Waals surface area (Å²) in [6, 6.07) is 4.04. The number of nitrogens with two attached hydrogens (primary N) is 1. The Bertz CT molecular complexity index is 440. The molecule has 78 valence electrons. The lowest BCUT2D eigenvalue weighted by Crippen LogP contribution is -1.94. The van der Waals surface area contributed by atoms with Crippen LogP contribution >= 0.6 is 0 Å². The summed E-state index contributed by atoms with van der Waals surface area (Å²) >= 11 is 0. The normalized spacial score (nSPS) is 10.4. The van der Waals surface area contributed by atoms with Gasteiger partial charge in [0.2, 0.25) is 0 Å². The Morgan fingerprint density at radius 1 is 1.53 bits per heavy atom. The first-order valence-electron chi connectivity index (χ1n) is 3.95. The molecule has 0 spiro atoms. The van der Waals surface area contributed by atoms with Crippen LogP contribution in [0.5, 0.6) is 0 Å². The lowest BCUT2D eigenvalue weighted by atomic mass is 10.1. The fourth-order valence-electron chi connectivity index (χ4n) is 1.02. The van der Waals surface area contributed by atoms with Crippen molar-refractivity contribution in [1.29, 1.82) is 0 Å². The van der Waals surface area contributed by atoms with Crippen molar-refractivity contribution in [3.63, 3.8) is 0 Å². The number of carbonyl (C=O) groups is 1. The van der Waals surface area contributed by atoms with Gasteiger partial charge in [-0.2, -0.15) is 0 Å². The van der Waals surface area contributed by atoms with Gasteiger partial charge in [0.05, 0.1) is 10.5 Å². The van der Waals surface area contributed by atoms with Crippen molar-refractivity contribution >= 4 is 23.4 Å². The average Bonchev–Trinajstić information content (AvgIpc) is 2.15. The number of hydrogen-bond acceptors (Lipinski definition) is 4. The third-order valence-corrected chi connectivity index (χ3v) is 1.66. The van der Waals surface area contributed by atoms with Crippen LogP contribution in [0, 0.1) is 10.1 Å². The molecule has 0 amide bonds. The zero-order chi connectivity index (χ0) is 11.4. The van der Waals surface area contributed by atoms with Gasteiger partial charge in [-0.05, 0) is 18.2 Å². The van der Waals surface area contributed by atoms with Gasteiger partial charge in [-0.3, -0.25) is 10.1 Å². The Balaban J connectivity index is 3.17. The van der Waals surface area contributed by atoms with E-state index in [1.807, 2.05) is 0 Å². The molecule has 0 bridgehead atoms. The maximum atomic E-state index is 10.6. The molecule has 0 atom stereocenters. The topological polar surface area (TPSA) is 106 Å². The summed E-state index contributed by atoms with van der Waals surface area (Å²) in [7, 11) is 0. The van der Waals surface area contributed by atoms with Gasteiger partial charge >= 0.3 is 5.97 Å². The zero-order valence-electron chi connectivity index (χ0n) is 7.58. The molecule has 6 heteroatoms. The van der Waals surface area contributed by atoms with Gasteiger partial charge in [-0.15, -0.1) is 0 Å². The molecular weight excluding hydrogens is 200 g/mol. The lowest BCUT2D eigenvalue weighted by molar-refractivity contribution is -0.385. The van der Waals surface area contributed by atoms with Crippen molar-refractivity contribution < 1.29 is 14.8 Å². The summed E-state index contributed by atoms with van der Waals surface area (Å²) in [5, 5.41) is 19.0. The summed E-state index contributed by atoms with van der Waals surface area (Å²) in [5.41, 5.74) is 5.62. The number of anilines is 1. The van der Waals surface area contributed by atoms with Crippen LogP contribution in [-0.4, -0.2) is 16.0 Å². The molecule has 0 aliphatic carbocycles. The number of carboxylic acid groups (broad SMARTS) is 1. The Labute approximate surface area is 84.8 Å². The molecule has 6 nitrogen and oxygen atoms in total. The van der Waals surface area contributed by atoms with E-state index in [9.17, 15) is 14.9 Å². The minimum absolute atomic E-state index is 0.205. The van der Waals surface area contributed by atoms with Gasteiger partial charge in [0.15, 0.2) is 0 Å².